The molecule has 4 rings (SSSR count). The highest BCUT2D eigenvalue weighted by molar-refractivity contribution is 6.38. The Hall–Kier alpha value is -3.56. The number of imide groups is 1. The Labute approximate surface area is 203 Å². The van der Waals surface area contributed by atoms with Gasteiger partial charge in [0.1, 0.15) is 5.75 Å². The summed E-state index contributed by atoms with van der Waals surface area (Å²) in [4.78, 5) is 57.5. The molecule has 1 aliphatic heterocycles. The molecular formula is C25H30N4O6. The molecule has 3 amide bonds. The van der Waals surface area contributed by atoms with E-state index in [0.717, 1.165) is 17.7 Å². The van der Waals surface area contributed by atoms with Crippen LogP contribution in [0.5, 0.6) is 5.75 Å². The highest BCUT2D eigenvalue weighted by atomic mass is 16.5. The van der Waals surface area contributed by atoms with Crippen LogP contribution >= 0.6 is 0 Å². The molecule has 1 aliphatic carbocycles. The van der Waals surface area contributed by atoms with Gasteiger partial charge in [-0.05, 0) is 50.2 Å². The number of ketones is 1. The average Bonchev–Trinajstić information content (AvgIpc) is 3.58. The highest BCUT2D eigenvalue weighted by Gasteiger charge is 2.36. The van der Waals surface area contributed by atoms with E-state index >= 15 is 0 Å². The highest BCUT2D eigenvalue weighted by Crippen LogP contribution is 2.31. The summed E-state index contributed by atoms with van der Waals surface area (Å²) >= 11 is 0. The molecule has 2 fully saturated rings. The van der Waals surface area contributed by atoms with Crippen molar-refractivity contribution in [1.29, 1.82) is 0 Å². The van der Waals surface area contributed by atoms with E-state index in [2.05, 4.69) is 10.1 Å². The smallest absolute Gasteiger partial charge is 0.296 e. The molecule has 0 spiro atoms. The lowest BCUT2D eigenvalue weighted by Crippen LogP contribution is -2.44. The molecule has 1 aromatic heterocycles. The van der Waals surface area contributed by atoms with Crippen molar-refractivity contribution in [3.8, 4) is 5.75 Å². The second kappa shape index (κ2) is 10.8. The third-order valence-corrected chi connectivity index (χ3v) is 6.44. The maximum Gasteiger partial charge on any atom is 0.296 e. The van der Waals surface area contributed by atoms with Crippen LogP contribution in [0.4, 0.5) is 5.69 Å². The van der Waals surface area contributed by atoms with E-state index < -0.39 is 11.7 Å². The molecule has 35 heavy (non-hydrogen) atoms. The Bertz CT molecular complexity index is 1110. The van der Waals surface area contributed by atoms with Crippen molar-refractivity contribution in [2.45, 2.75) is 51.9 Å². The normalized spacial score (nSPS) is 18.9. The largest absolute Gasteiger partial charge is 0.495 e. The van der Waals surface area contributed by atoms with Gasteiger partial charge in [0.25, 0.3) is 5.91 Å². The van der Waals surface area contributed by atoms with Gasteiger partial charge in [0.2, 0.25) is 23.5 Å². The first-order valence-corrected chi connectivity index (χ1v) is 12.0. The minimum Gasteiger partial charge on any atom is -0.495 e. The second-order valence-electron chi connectivity index (χ2n) is 9.08. The molecular weight excluding hydrogens is 452 g/mol. The number of hydrogen-bond donors (Lipinski definition) is 0. The SMILES string of the molecule is CCN(C(=O)Cc1noc(CC2CCC(=O)N(CC3CC3)C(=O)C(=O)C2)n1)c1ccccc1OC. The van der Waals surface area contributed by atoms with Crippen molar-refractivity contribution in [3.05, 3.63) is 36.0 Å². The molecule has 1 unspecified atom stereocenters. The summed E-state index contributed by atoms with van der Waals surface area (Å²) < 4.78 is 10.7. The quantitative estimate of drug-likeness (QED) is 0.394. The molecule has 1 atom stereocenters. The van der Waals surface area contributed by atoms with Gasteiger partial charge in [0.05, 0.1) is 19.2 Å². The van der Waals surface area contributed by atoms with Crippen molar-refractivity contribution < 1.29 is 28.4 Å². The third-order valence-electron chi connectivity index (χ3n) is 6.44. The molecule has 2 heterocycles. The number of Topliss-reactive ketones (excluding diaryl/α,β-unsaturated/α-hetero) is 1. The van der Waals surface area contributed by atoms with Crippen molar-refractivity contribution in [2.75, 3.05) is 25.1 Å². The molecule has 2 aromatic rings. The summed E-state index contributed by atoms with van der Waals surface area (Å²) in [6.45, 7) is 2.65. The zero-order chi connectivity index (χ0) is 24.9. The Kier molecular flexibility index (Phi) is 7.57. The predicted molar refractivity (Wildman–Crippen MR) is 125 cm³/mol. The van der Waals surface area contributed by atoms with Crippen molar-refractivity contribution in [1.82, 2.24) is 15.0 Å². The fraction of sp³-hybridized carbons (Fsp3) is 0.520. The van der Waals surface area contributed by atoms with Crippen LogP contribution in [0.25, 0.3) is 0 Å². The first kappa shape index (κ1) is 24.6. The standard InChI is InChI=1S/C25H30N4O6/c1-3-28(18-6-4-5-7-20(18)34-2)24(32)14-21-26-22(35-27-21)13-17-10-11-23(31)29(15-16-8-9-16)25(33)19(30)12-17/h4-7,16-17H,3,8-15H2,1-2H3. The van der Waals surface area contributed by atoms with Gasteiger partial charge in [-0.15, -0.1) is 0 Å². The van der Waals surface area contributed by atoms with Crippen LogP contribution in [0.15, 0.2) is 28.8 Å². The molecule has 186 valence electrons. The van der Waals surface area contributed by atoms with Crippen LogP contribution in [-0.4, -0.2) is 58.7 Å². The molecule has 0 bridgehead atoms. The number of likely N-dealkylation sites (tertiary alicyclic amines) is 1. The van der Waals surface area contributed by atoms with E-state index in [0.29, 0.717) is 36.9 Å². The number of anilines is 1. The number of carbonyl (C=O) groups excluding carboxylic acids is 4. The van der Waals surface area contributed by atoms with Gasteiger partial charge in [-0.2, -0.15) is 4.98 Å². The predicted octanol–water partition coefficient (Wildman–Crippen LogP) is 2.35. The maximum atomic E-state index is 12.9. The number of methoxy groups -OCH3 is 1. The lowest BCUT2D eigenvalue weighted by molar-refractivity contribution is -0.153. The van der Waals surface area contributed by atoms with Crippen molar-refractivity contribution in [3.63, 3.8) is 0 Å². The lowest BCUT2D eigenvalue weighted by Gasteiger charge is -2.25. The van der Waals surface area contributed by atoms with E-state index in [9.17, 15) is 19.2 Å². The fourth-order valence-electron chi connectivity index (χ4n) is 4.35. The van der Waals surface area contributed by atoms with Crippen LogP contribution in [-0.2, 0) is 32.0 Å². The van der Waals surface area contributed by atoms with Gasteiger partial charge in [0.15, 0.2) is 5.82 Å². The van der Waals surface area contributed by atoms with Crippen LogP contribution in [0.1, 0.15) is 50.7 Å². The number of benzene rings is 1. The summed E-state index contributed by atoms with van der Waals surface area (Å²) in [5, 5.41) is 3.93. The van der Waals surface area contributed by atoms with Gasteiger partial charge >= 0.3 is 0 Å². The minimum atomic E-state index is -0.709. The van der Waals surface area contributed by atoms with Crippen LogP contribution in [0, 0.1) is 11.8 Å². The molecule has 1 saturated heterocycles. The Balaban J connectivity index is 1.37. The van der Waals surface area contributed by atoms with Gasteiger partial charge < -0.3 is 14.2 Å². The Morgan fingerprint density at radius 3 is 2.66 bits per heavy atom. The molecule has 0 radical (unpaired) electrons. The lowest BCUT2D eigenvalue weighted by atomic mass is 9.91. The first-order chi connectivity index (χ1) is 16.9. The van der Waals surface area contributed by atoms with Crippen LogP contribution < -0.4 is 9.64 Å². The van der Waals surface area contributed by atoms with E-state index in [1.807, 2.05) is 25.1 Å². The fourth-order valence-corrected chi connectivity index (χ4v) is 4.35. The molecule has 1 saturated carbocycles. The van der Waals surface area contributed by atoms with Crippen LogP contribution in [0.2, 0.25) is 0 Å². The Morgan fingerprint density at radius 1 is 1.17 bits per heavy atom. The zero-order valence-electron chi connectivity index (χ0n) is 20.1. The zero-order valence-corrected chi connectivity index (χ0v) is 20.1. The summed E-state index contributed by atoms with van der Waals surface area (Å²) in [6, 6.07) is 7.26. The second-order valence-corrected chi connectivity index (χ2v) is 9.08. The number of hydrogen-bond acceptors (Lipinski definition) is 8. The number of carbonyl (C=O) groups is 4. The number of ether oxygens (including phenoxy) is 1. The van der Waals surface area contributed by atoms with E-state index in [-0.39, 0.29) is 55.1 Å². The molecule has 2 aliphatic rings. The van der Waals surface area contributed by atoms with Gasteiger partial charge in [0, 0.05) is 32.4 Å². The number of rotatable bonds is 9. The van der Waals surface area contributed by atoms with Crippen molar-refractivity contribution >= 4 is 29.2 Å². The molecule has 1 aromatic carbocycles. The maximum absolute atomic E-state index is 12.9. The number of likely N-dealkylation sites (N-methyl/N-ethyl adjacent to an activating group) is 1. The van der Waals surface area contributed by atoms with Crippen LogP contribution in [0.3, 0.4) is 0 Å². The Morgan fingerprint density at radius 2 is 1.94 bits per heavy atom. The minimum absolute atomic E-state index is 0.0291. The van der Waals surface area contributed by atoms with Gasteiger partial charge in [-0.25, -0.2) is 0 Å². The number of aromatic nitrogens is 2. The van der Waals surface area contributed by atoms with Crippen molar-refractivity contribution in [2.24, 2.45) is 11.8 Å². The third kappa shape index (κ3) is 5.93. The average molecular weight is 483 g/mol. The molecule has 0 N–H and O–H groups in total. The van der Waals surface area contributed by atoms with E-state index in [1.54, 1.807) is 18.1 Å². The monoisotopic (exact) mass is 482 g/mol. The topological polar surface area (TPSA) is 123 Å². The number of nitrogens with zero attached hydrogens (tertiary/aromatic N) is 4. The van der Waals surface area contributed by atoms with E-state index in [4.69, 9.17) is 9.26 Å². The molecule has 10 heteroatoms. The van der Waals surface area contributed by atoms with E-state index in [1.165, 1.54) is 0 Å². The number of para-hydroxylation sites is 2. The summed E-state index contributed by atoms with van der Waals surface area (Å²) in [7, 11) is 1.55. The number of amides is 3. The van der Waals surface area contributed by atoms with Gasteiger partial charge in [-0.1, -0.05) is 17.3 Å². The summed E-state index contributed by atoms with van der Waals surface area (Å²) in [5.74, 6) is -0.608. The first-order valence-electron chi connectivity index (χ1n) is 12.0. The van der Waals surface area contributed by atoms with Gasteiger partial charge in [-0.3, -0.25) is 24.1 Å². The summed E-state index contributed by atoms with van der Waals surface area (Å²) in [5.41, 5.74) is 0.657. The summed E-state index contributed by atoms with van der Waals surface area (Å²) in [6.07, 6.45) is 2.86. The molecule has 10 nitrogen and oxygen atoms in total.